The molecular weight excluding hydrogens is 1740 g/mol. The number of ether oxygens (including phenoxy) is 2. The van der Waals surface area contributed by atoms with Crippen molar-refractivity contribution in [3.63, 3.8) is 0 Å². The fraction of sp³-hybridized carbons (Fsp3) is 0.324. The summed E-state index contributed by atoms with van der Waals surface area (Å²) in [5.41, 5.74) is 14.9. The highest BCUT2D eigenvalue weighted by Gasteiger charge is 2.51. The number of aromatic amines is 2. The standard InChI is InChI=1S/C32H31N5O.C31H29N5O.C27H32N4O4.C21H24N6O2/c1-35-30(38)28-29(37-22-32(34-31(35)37)18-8-9-19-32)33-27(36(28)21-24-10-4-2-5-11-24)20-23-14-16-26(17-15-23)25-12-6-3-7-13-25;1-34-30(37)28-29(36-26-14-8-13-25(26)32-31(34)36)33-27(35(28)20-22-9-4-2-5-10-22)19-21-15-17-24(18-16-21)23-11-6-3-7-12-23;1-17-25-27(33)29-24(16-20-13-14-22(34-3)23(15-20)35-4)30-31(25)26(28-17)21(18(2)32)12-8-11-19-9-6-5-7-10-19;28-20-17-11-22-27(16-9-5-2-6-10-16)19(17)24-18(25-20)14-12-26(13-14)21(29)23-15-7-3-1-4-8-15/h2-7,10-17H,8-9,18-22H2,1H3;2-7,9-12,15-18,25-26H,8,13-14,19-20H2,1H3;5-7,9-10,13-15,18,21,32H,8,11-12,16H2,1-4H3,(H,29,30,33);1,3-4,7-8,11,14,16H,2,5-6,9-10,12-13H2,(H,23,29)(H,24,25,28)/t;25-,26+;18-,21+;/m.11./s1. The van der Waals surface area contributed by atoms with Crippen LogP contribution in [0, 0.1) is 6.92 Å². The SMILES string of the molecule is CN1C(=O)c2c(nc(Cc3ccc(-c4ccccc4)cc3)n2Cc2ccccc2)N2C1=N[C@@H]1CCC[C@@H]12.CN1C(=O)c2c(nc(Cc3ccc(-c4ccccc4)cc3)n2Cc2ccccc2)N2CC3(CCCC3)N=C12.COc1ccc(Cc2nn3c([C@@H](CCCc4ccccc4)[C@@H](C)O)nc(C)c3c(=O)[nH]2)cc1OC.O=C(Nc1ccccc1)N1CC(c2nc3c(cnn3C3CCCCC3)c(=O)[nH]2)C1. The van der Waals surface area contributed by atoms with Crippen LogP contribution in [0.1, 0.15) is 204 Å². The number of imidazole rings is 3. The number of rotatable bonds is 23. The Labute approximate surface area is 807 Å². The molecule has 28 heteroatoms. The number of aliphatic imine (C=N–C) groups is 2. The predicted octanol–water partition coefficient (Wildman–Crippen LogP) is 18.2. The maximum Gasteiger partial charge on any atom is 0.321 e. The number of anilines is 3. The molecule has 0 bridgehead atoms. The number of carbonyl (C=O) groups is 3. The Balaban J connectivity index is 0.000000115. The highest BCUT2D eigenvalue weighted by Crippen LogP contribution is 2.45. The molecule has 708 valence electrons. The van der Waals surface area contributed by atoms with E-state index >= 15 is 0 Å². The molecule has 3 saturated carbocycles. The number of H-pyrrole nitrogens is 2. The van der Waals surface area contributed by atoms with E-state index in [1.165, 1.54) is 77.5 Å². The van der Waals surface area contributed by atoms with Gasteiger partial charge in [-0.2, -0.15) is 10.2 Å². The molecule has 1 spiro atoms. The monoisotopic (exact) mass is 1860 g/mol. The van der Waals surface area contributed by atoms with Crippen molar-refractivity contribution in [2.24, 2.45) is 9.98 Å². The van der Waals surface area contributed by atoms with Crippen molar-refractivity contribution in [3.05, 3.63) is 355 Å². The predicted molar refractivity (Wildman–Crippen MR) is 541 cm³/mol. The smallest absolute Gasteiger partial charge is 0.321 e. The molecule has 28 nitrogen and oxygen atoms in total. The van der Waals surface area contributed by atoms with Crippen LogP contribution in [0.4, 0.5) is 22.1 Å². The van der Waals surface area contributed by atoms with Gasteiger partial charge in [-0.05, 0) is 158 Å². The van der Waals surface area contributed by atoms with Gasteiger partial charge < -0.3 is 43.9 Å². The van der Waals surface area contributed by atoms with Crippen LogP contribution in [0.3, 0.4) is 0 Å². The van der Waals surface area contributed by atoms with Crippen LogP contribution in [-0.2, 0) is 38.8 Å². The number of methoxy groups -OCH3 is 2. The average molecular weight is 1860 g/mol. The third-order valence-corrected chi connectivity index (χ3v) is 28.5. The van der Waals surface area contributed by atoms with Gasteiger partial charge in [0.2, 0.25) is 11.9 Å². The molecule has 4 atom stereocenters. The minimum Gasteiger partial charge on any atom is -0.493 e. The van der Waals surface area contributed by atoms with Gasteiger partial charge in [0, 0.05) is 71.1 Å². The first-order valence-corrected chi connectivity index (χ1v) is 48.7. The summed E-state index contributed by atoms with van der Waals surface area (Å²) in [7, 11) is 6.88. The van der Waals surface area contributed by atoms with E-state index in [9.17, 15) is 29.1 Å². The van der Waals surface area contributed by atoms with Gasteiger partial charge in [-0.1, -0.05) is 257 Å². The molecule has 6 aromatic heterocycles. The summed E-state index contributed by atoms with van der Waals surface area (Å²) in [6.45, 7) is 6.64. The molecule has 8 aliphatic rings. The van der Waals surface area contributed by atoms with Crippen LogP contribution in [0.2, 0.25) is 0 Å². The van der Waals surface area contributed by atoms with Crippen molar-refractivity contribution in [3.8, 4) is 33.8 Å². The number of nitrogens with zero attached hydrogens (tertiary/aromatic N) is 17. The fourth-order valence-corrected chi connectivity index (χ4v) is 21.1. The van der Waals surface area contributed by atoms with Crippen molar-refractivity contribution < 1.29 is 29.0 Å². The first kappa shape index (κ1) is 91.6. The molecule has 0 radical (unpaired) electrons. The number of aliphatic hydroxyl groups excluding tert-OH is 1. The molecule has 4 fully saturated rings. The summed E-state index contributed by atoms with van der Waals surface area (Å²) in [5, 5.41) is 23.3. The summed E-state index contributed by atoms with van der Waals surface area (Å²) in [6, 6.07) is 84.9. The first-order chi connectivity index (χ1) is 67.9. The van der Waals surface area contributed by atoms with Gasteiger partial charge in [-0.3, -0.25) is 38.8 Å². The lowest BCUT2D eigenvalue weighted by molar-refractivity contribution is 0.0847. The zero-order valence-corrected chi connectivity index (χ0v) is 79.4. The Bertz CT molecular complexity index is 7120. The second-order valence-electron chi connectivity index (χ2n) is 37.8. The van der Waals surface area contributed by atoms with Crippen LogP contribution in [0.25, 0.3) is 38.8 Å². The van der Waals surface area contributed by atoms with Gasteiger partial charge in [-0.15, -0.1) is 0 Å². The van der Waals surface area contributed by atoms with Gasteiger partial charge in [0.15, 0.2) is 45.7 Å². The number of hydrogen-bond acceptors (Lipinski definition) is 18. The lowest BCUT2D eigenvalue weighted by atomic mass is 9.94. The molecule has 139 heavy (non-hydrogen) atoms. The quantitative estimate of drug-likeness (QED) is 0.0462. The van der Waals surface area contributed by atoms with Crippen molar-refractivity contribution in [1.29, 1.82) is 0 Å². The number of hydrogen-bond donors (Lipinski definition) is 4. The Kier molecular flexibility index (Phi) is 26.5. The minimum absolute atomic E-state index is 0.0286. The van der Waals surface area contributed by atoms with Crippen molar-refractivity contribution in [2.75, 3.05) is 63.1 Å². The van der Waals surface area contributed by atoms with E-state index in [2.05, 4.69) is 178 Å². The molecule has 5 aliphatic heterocycles. The molecule has 23 rings (SSSR count). The van der Waals surface area contributed by atoms with E-state index in [1.54, 1.807) is 53.5 Å². The number of aliphatic hydroxyl groups is 1. The Hall–Kier alpha value is -15.2. The Morgan fingerprint density at radius 2 is 1.10 bits per heavy atom. The number of carbonyl (C=O) groups excluding carboxylic acids is 3. The topological polar surface area (TPSA) is 305 Å². The lowest BCUT2D eigenvalue weighted by Crippen LogP contribution is -2.51. The van der Waals surface area contributed by atoms with E-state index in [4.69, 9.17) is 39.5 Å². The number of aromatic nitrogens is 12. The third kappa shape index (κ3) is 19.2. The maximum atomic E-state index is 13.8. The number of benzene rings is 9. The summed E-state index contributed by atoms with van der Waals surface area (Å²) in [5.74, 6) is 7.60. The number of amides is 4. The van der Waals surface area contributed by atoms with E-state index < -0.39 is 6.10 Å². The highest BCUT2D eigenvalue weighted by atomic mass is 16.5. The van der Waals surface area contributed by atoms with Crippen LogP contribution in [0.5, 0.6) is 11.5 Å². The second-order valence-corrected chi connectivity index (χ2v) is 37.8. The molecule has 15 aromatic rings. The average Bonchev–Trinajstić information content (AvgIpc) is 1.56. The Morgan fingerprint density at radius 3 is 1.69 bits per heavy atom. The molecule has 3 aliphatic carbocycles. The van der Waals surface area contributed by atoms with Crippen molar-refractivity contribution in [2.45, 2.75) is 184 Å². The largest absolute Gasteiger partial charge is 0.493 e. The molecule has 4 N–H and O–H groups in total. The molecule has 1 saturated heterocycles. The summed E-state index contributed by atoms with van der Waals surface area (Å²) >= 11 is 0. The fourth-order valence-electron chi connectivity index (χ4n) is 21.1. The molecule has 0 unspecified atom stereocenters. The van der Waals surface area contributed by atoms with Gasteiger partial charge >= 0.3 is 6.03 Å². The van der Waals surface area contributed by atoms with Crippen molar-refractivity contribution in [1.82, 2.24) is 73.1 Å². The normalized spacial score (nSPS) is 17.2. The number of fused-ring (bicyclic) bond motifs is 10. The number of para-hydroxylation sites is 1. The number of aryl methyl sites for hydroxylation is 2. The number of nitrogens with one attached hydrogen (secondary N) is 3. The number of guanidine groups is 2. The van der Waals surface area contributed by atoms with Gasteiger partial charge in [0.1, 0.15) is 34.5 Å². The molecule has 4 amide bonds. The van der Waals surface area contributed by atoms with E-state index in [0.29, 0.717) is 120 Å². The minimum atomic E-state index is -0.633. The van der Waals surface area contributed by atoms with Gasteiger partial charge in [0.25, 0.3) is 22.9 Å². The molecular formula is C111H116N20O8. The Morgan fingerprint density at radius 1 is 0.554 bits per heavy atom. The summed E-state index contributed by atoms with van der Waals surface area (Å²) in [4.78, 5) is 111. The third-order valence-electron chi connectivity index (χ3n) is 28.5. The van der Waals surface area contributed by atoms with Gasteiger partial charge in [0.05, 0.1) is 68.3 Å². The zero-order chi connectivity index (χ0) is 95.4. The summed E-state index contributed by atoms with van der Waals surface area (Å²) in [6.07, 6.45) is 18.9. The van der Waals surface area contributed by atoms with Crippen LogP contribution in [-0.4, -0.2) is 180 Å². The number of urea groups is 1. The maximum absolute atomic E-state index is 13.8. The van der Waals surface area contributed by atoms with Crippen LogP contribution >= 0.6 is 0 Å². The first-order valence-electron chi connectivity index (χ1n) is 48.7. The molecule has 9 aromatic carbocycles. The summed E-state index contributed by atoms with van der Waals surface area (Å²) < 4.78 is 18.5. The van der Waals surface area contributed by atoms with Crippen molar-refractivity contribution >= 4 is 63.6 Å². The van der Waals surface area contributed by atoms with E-state index in [1.807, 2.05) is 134 Å². The van der Waals surface area contributed by atoms with E-state index in [0.717, 1.165) is 122 Å². The molecule has 11 heterocycles. The van der Waals surface area contributed by atoms with Gasteiger partial charge in [-0.25, -0.2) is 43.9 Å². The second kappa shape index (κ2) is 40.2. The number of likely N-dealkylation sites (tertiary alicyclic amines) is 1. The zero-order valence-electron chi connectivity index (χ0n) is 79.4. The lowest BCUT2D eigenvalue weighted by Gasteiger charge is -2.38. The highest BCUT2D eigenvalue weighted by molar-refractivity contribution is 6.19. The van der Waals surface area contributed by atoms with Crippen LogP contribution < -0.4 is 35.7 Å². The van der Waals surface area contributed by atoms with Crippen LogP contribution in [0.15, 0.2) is 274 Å². The van der Waals surface area contributed by atoms with E-state index in [-0.39, 0.29) is 52.4 Å².